The minimum atomic E-state index is -2.26. The summed E-state index contributed by atoms with van der Waals surface area (Å²) in [5.74, 6) is 0. The highest BCUT2D eigenvalue weighted by Gasteiger charge is 2.38. The Morgan fingerprint density at radius 2 is 0.491 bits per heavy atom. The first-order chi connectivity index (χ1) is 28.1. The Hall–Kier alpha value is -5.59. The molecule has 0 aliphatic rings. The van der Waals surface area contributed by atoms with Gasteiger partial charge in [-0.1, -0.05) is 250 Å². The van der Waals surface area contributed by atoms with E-state index in [-0.39, 0.29) is 0 Å². The SMILES string of the molecule is c1ccc(C[Si](Cc2ccccc2)(Cc2ccccc2)c2ccc3sc4ccc([Si](Cc5ccccc5)(Cc5ccccc5)Cc5ccccc5)cc4c3c2)cc1. The Kier molecular flexibility index (Phi) is 11.0. The molecule has 3 heteroatoms. The summed E-state index contributed by atoms with van der Waals surface area (Å²) in [5.41, 5.74) is 8.62. The van der Waals surface area contributed by atoms with Crippen LogP contribution >= 0.6 is 11.3 Å². The molecule has 0 saturated carbocycles. The van der Waals surface area contributed by atoms with Crippen LogP contribution in [-0.4, -0.2) is 16.1 Å². The molecule has 0 saturated heterocycles. The van der Waals surface area contributed by atoms with Gasteiger partial charge in [0.25, 0.3) is 0 Å². The number of thiophene rings is 1. The van der Waals surface area contributed by atoms with Gasteiger partial charge in [-0.2, -0.15) is 0 Å². The van der Waals surface area contributed by atoms with Crippen LogP contribution in [0.25, 0.3) is 20.2 Å². The third-order valence-corrected chi connectivity index (χ3v) is 22.7. The molecule has 0 bridgehead atoms. The van der Waals surface area contributed by atoms with Crippen LogP contribution in [0.1, 0.15) is 33.4 Å². The van der Waals surface area contributed by atoms with Gasteiger partial charge >= 0.3 is 0 Å². The number of fused-ring (bicyclic) bond motifs is 3. The van der Waals surface area contributed by atoms with Gasteiger partial charge in [0.15, 0.2) is 0 Å². The molecule has 1 heterocycles. The Bertz CT molecular complexity index is 2270. The molecule has 9 aromatic rings. The predicted molar refractivity (Wildman–Crippen MR) is 251 cm³/mol. The van der Waals surface area contributed by atoms with E-state index in [2.05, 4.69) is 218 Å². The molecule has 1 aromatic heterocycles. The average Bonchev–Trinajstić information content (AvgIpc) is 3.63. The molecule has 278 valence electrons. The van der Waals surface area contributed by atoms with Crippen molar-refractivity contribution < 1.29 is 0 Å². The van der Waals surface area contributed by atoms with Gasteiger partial charge in [0.2, 0.25) is 0 Å². The van der Waals surface area contributed by atoms with Crippen LogP contribution in [0, 0.1) is 0 Å². The highest BCUT2D eigenvalue weighted by Crippen LogP contribution is 2.35. The van der Waals surface area contributed by atoms with Crippen molar-refractivity contribution in [1.82, 2.24) is 0 Å². The molecule has 0 amide bonds. The molecule has 0 nitrogen and oxygen atoms in total. The highest BCUT2D eigenvalue weighted by molar-refractivity contribution is 7.26. The van der Waals surface area contributed by atoms with Gasteiger partial charge in [-0.3, -0.25) is 0 Å². The maximum absolute atomic E-state index is 2.65. The third kappa shape index (κ3) is 8.43. The molecule has 0 spiro atoms. The second-order valence-corrected chi connectivity index (χ2v) is 25.5. The molecule has 0 aliphatic carbocycles. The zero-order valence-electron chi connectivity index (χ0n) is 32.4. The van der Waals surface area contributed by atoms with Crippen LogP contribution in [0.5, 0.6) is 0 Å². The normalized spacial score (nSPS) is 11.9. The predicted octanol–water partition coefficient (Wildman–Crippen LogP) is 12.1. The van der Waals surface area contributed by atoms with E-state index in [0.29, 0.717) is 0 Å². The molecule has 0 unspecified atom stereocenters. The topological polar surface area (TPSA) is 0 Å². The maximum atomic E-state index is 2.65. The maximum Gasteiger partial charge on any atom is 0.0996 e. The molecule has 0 aliphatic heterocycles. The van der Waals surface area contributed by atoms with Crippen molar-refractivity contribution in [1.29, 1.82) is 0 Å². The fraction of sp³-hybridized carbons (Fsp3) is 0.111. The summed E-state index contributed by atoms with van der Waals surface area (Å²) in [4.78, 5) is 0. The molecule has 0 atom stereocenters. The van der Waals surface area contributed by atoms with Crippen LogP contribution < -0.4 is 10.4 Å². The lowest BCUT2D eigenvalue weighted by Crippen LogP contribution is -2.55. The second kappa shape index (κ2) is 16.9. The largest absolute Gasteiger partial charge is 0.135 e. The Morgan fingerprint density at radius 1 is 0.263 bits per heavy atom. The standard InChI is InChI=1S/C54H48SSi2/c1-7-19-43(20-8-1)37-56(38-44-21-9-2-10-22-44,39-45-23-11-3-12-24-45)49-31-33-53-51(35-49)52-36-50(32-34-54(52)55-53)57(40-46-25-13-4-14-26-46,41-47-27-15-5-16-28-47)42-48-29-17-6-18-30-48/h1-36H,37-42H2. The smallest absolute Gasteiger partial charge is 0.0996 e. The van der Waals surface area contributed by atoms with E-state index in [4.69, 9.17) is 0 Å². The van der Waals surface area contributed by atoms with Crippen molar-refractivity contribution in [3.05, 3.63) is 252 Å². The molecule has 0 fully saturated rings. The van der Waals surface area contributed by atoms with Gasteiger partial charge in [-0.15, -0.1) is 11.3 Å². The van der Waals surface area contributed by atoms with Crippen LogP contribution in [0.15, 0.2) is 218 Å². The Morgan fingerprint density at radius 3 is 0.719 bits per heavy atom. The summed E-state index contributed by atoms with van der Waals surface area (Å²) < 4.78 is 2.77. The van der Waals surface area contributed by atoms with Gasteiger partial charge in [0, 0.05) is 20.2 Å². The zero-order chi connectivity index (χ0) is 38.3. The summed E-state index contributed by atoms with van der Waals surface area (Å²) in [6.45, 7) is 0. The summed E-state index contributed by atoms with van der Waals surface area (Å²) in [7, 11) is -4.52. The fourth-order valence-electron chi connectivity index (χ4n) is 9.34. The molecule has 0 N–H and O–H groups in total. The van der Waals surface area contributed by atoms with Crippen molar-refractivity contribution in [3.8, 4) is 0 Å². The molecular weight excluding hydrogens is 737 g/mol. The van der Waals surface area contributed by atoms with E-state index in [0.717, 1.165) is 36.3 Å². The van der Waals surface area contributed by atoms with E-state index >= 15 is 0 Å². The molecule has 57 heavy (non-hydrogen) atoms. The monoisotopic (exact) mass is 784 g/mol. The van der Waals surface area contributed by atoms with Crippen LogP contribution in [0.2, 0.25) is 0 Å². The van der Waals surface area contributed by atoms with Crippen LogP contribution in [0.3, 0.4) is 0 Å². The number of rotatable bonds is 14. The van der Waals surface area contributed by atoms with Crippen molar-refractivity contribution >= 4 is 58.0 Å². The summed E-state index contributed by atoms with van der Waals surface area (Å²) >= 11 is 1.96. The van der Waals surface area contributed by atoms with Crippen LogP contribution in [-0.2, 0) is 36.3 Å². The zero-order valence-corrected chi connectivity index (χ0v) is 35.3. The van der Waals surface area contributed by atoms with Crippen molar-refractivity contribution in [3.63, 3.8) is 0 Å². The van der Waals surface area contributed by atoms with Crippen molar-refractivity contribution in [2.24, 2.45) is 0 Å². The van der Waals surface area contributed by atoms with Gasteiger partial charge in [0.1, 0.15) is 0 Å². The fourth-order valence-corrected chi connectivity index (χ4v) is 20.3. The lowest BCUT2D eigenvalue weighted by molar-refractivity contribution is 1.15. The van der Waals surface area contributed by atoms with Gasteiger partial charge < -0.3 is 0 Å². The molecular formula is C54H48SSi2. The van der Waals surface area contributed by atoms with Crippen molar-refractivity contribution in [2.45, 2.75) is 36.3 Å². The van der Waals surface area contributed by atoms with E-state index in [1.165, 1.54) is 53.6 Å². The number of benzene rings is 8. The lowest BCUT2D eigenvalue weighted by atomic mass is 10.1. The summed E-state index contributed by atoms with van der Waals surface area (Å²) in [5, 5.41) is 5.95. The minimum Gasteiger partial charge on any atom is -0.135 e. The minimum absolute atomic E-state index is 1.09. The van der Waals surface area contributed by atoms with E-state index in [9.17, 15) is 0 Å². The number of hydrogen-bond donors (Lipinski definition) is 0. The Balaban J connectivity index is 1.24. The third-order valence-electron chi connectivity index (χ3n) is 12.0. The van der Waals surface area contributed by atoms with Gasteiger partial charge in [-0.25, -0.2) is 0 Å². The van der Waals surface area contributed by atoms with E-state index < -0.39 is 16.1 Å². The van der Waals surface area contributed by atoms with Crippen molar-refractivity contribution in [2.75, 3.05) is 0 Å². The van der Waals surface area contributed by atoms with Gasteiger partial charge in [-0.05, 0) is 48.4 Å². The molecule has 0 radical (unpaired) electrons. The quantitative estimate of drug-likeness (QED) is 0.0964. The highest BCUT2D eigenvalue weighted by atomic mass is 32.1. The van der Waals surface area contributed by atoms with Gasteiger partial charge in [0.05, 0.1) is 16.1 Å². The molecule has 8 aromatic carbocycles. The molecule has 9 rings (SSSR count). The first-order valence-corrected chi connectivity index (χ1v) is 26.4. The lowest BCUT2D eigenvalue weighted by Gasteiger charge is -2.34. The summed E-state index contributed by atoms with van der Waals surface area (Å²) in [6.07, 6.45) is 0. The first kappa shape index (κ1) is 37.0. The number of hydrogen-bond acceptors (Lipinski definition) is 1. The Labute approximate surface area is 344 Å². The summed E-state index contributed by atoms with van der Waals surface area (Å²) in [6, 6.07) is 89.5. The second-order valence-electron chi connectivity index (χ2n) is 16.1. The average molecular weight is 785 g/mol. The first-order valence-electron chi connectivity index (χ1n) is 20.3. The van der Waals surface area contributed by atoms with E-state index in [1.54, 1.807) is 10.4 Å². The van der Waals surface area contributed by atoms with E-state index in [1.807, 2.05) is 11.3 Å². The van der Waals surface area contributed by atoms with Crippen LogP contribution in [0.4, 0.5) is 0 Å².